The Morgan fingerprint density at radius 3 is 2.58 bits per heavy atom. The molecule has 1 atom stereocenters. The first-order valence-corrected chi connectivity index (χ1v) is 12.6. The molecule has 1 unspecified atom stereocenters. The van der Waals surface area contributed by atoms with Crippen LogP contribution in [0.25, 0.3) is 0 Å². The maximum atomic E-state index is 13.1. The highest BCUT2D eigenvalue weighted by atomic mass is 32.1. The van der Waals surface area contributed by atoms with Gasteiger partial charge in [-0.3, -0.25) is 19.7 Å². The summed E-state index contributed by atoms with van der Waals surface area (Å²) in [6, 6.07) is 16.0. The fraction of sp³-hybridized carbons (Fsp3) is 0.407. The van der Waals surface area contributed by atoms with E-state index in [0.717, 1.165) is 12.0 Å². The number of nitrogens with zero attached hydrogens (tertiary/aromatic N) is 1. The zero-order chi connectivity index (χ0) is 25.9. The maximum absolute atomic E-state index is 13.1. The molecule has 0 radical (unpaired) electrons. The van der Waals surface area contributed by atoms with Gasteiger partial charge in [-0.25, -0.2) is 0 Å². The lowest BCUT2D eigenvalue weighted by Gasteiger charge is -2.36. The molecular weight excluding hydrogens is 478 g/mol. The summed E-state index contributed by atoms with van der Waals surface area (Å²) in [7, 11) is 0. The Labute approximate surface area is 217 Å². The highest BCUT2D eigenvalue weighted by Crippen LogP contribution is 2.19. The van der Waals surface area contributed by atoms with Gasteiger partial charge in [0.15, 0.2) is 5.11 Å². The van der Waals surface area contributed by atoms with Gasteiger partial charge in [0, 0.05) is 19.5 Å². The second kappa shape index (κ2) is 13.6. The molecule has 0 spiro atoms. The predicted molar refractivity (Wildman–Crippen MR) is 141 cm³/mol. The molecule has 1 fully saturated rings. The van der Waals surface area contributed by atoms with Crippen LogP contribution in [0, 0.1) is 5.92 Å². The van der Waals surface area contributed by atoms with Gasteiger partial charge in [0.25, 0.3) is 5.91 Å². The number of ether oxygens (including phenoxy) is 2. The van der Waals surface area contributed by atoms with Crippen LogP contribution in [0.15, 0.2) is 54.6 Å². The summed E-state index contributed by atoms with van der Waals surface area (Å²) in [6.45, 7) is 5.51. The van der Waals surface area contributed by atoms with Crippen LogP contribution in [0.3, 0.4) is 0 Å². The van der Waals surface area contributed by atoms with Crippen molar-refractivity contribution in [2.75, 3.05) is 26.3 Å². The molecule has 3 rings (SSSR count). The summed E-state index contributed by atoms with van der Waals surface area (Å²) in [5.41, 5.74) is 1.47. The number of piperazine rings is 1. The van der Waals surface area contributed by atoms with Crippen LogP contribution in [0.1, 0.15) is 42.6 Å². The molecule has 0 saturated carbocycles. The molecule has 2 aromatic carbocycles. The van der Waals surface area contributed by atoms with Gasteiger partial charge in [-0.1, -0.05) is 56.3 Å². The summed E-state index contributed by atoms with van der Waals surface area (Å²) >= 11 is 5.47. The first-order chi connectivity index (χ1) is 17.3. The van der Waals surface area contributed by atoms with Crippen LogP contribution in [-0.2, 0) is 20.7 Å². The highest BCUT2D eigenvalue weighted by molar-refractivity contribution is 7.80. The molecule has 2 amide bonds. The summed E-state index contributed by atoms with van der Waals surface area (Å²) in [5.74, 6) is -0.410. The van der Waals surface area contributed by atoms with Gasteiger partial charge in [-0.15, -0.1) is 0 Å². The zero-order valence-electron chi connectivity index (χ0n) is 20.7. The fourth-order valence-corrected chi connectivity index (χ4v) is 4.04. The van der Waals surface area contributed by atoms with Gasteiger partial charge >= 0.3 is 5.97 Å². The van der Waals surface area contributed by atoms with E-state index >= 15 is 0 Å². The van der Waals surface area contributed by atoms with Gasteiger partial charge < -0.3 is 19.7 Å². The standard InChI is InChI=1S/C27H33N3O5S/c1-19(2)12-16-35-24(31)18-22-26(33)28-14-15-30(22)27(36)29-25(32)21-10-6-7-11-23(21)34-17-13-20-8-4-3-5-9-20/h3-11,19,22H,12-18H2,1-2H3,(H,28,33)(H,29,32,36). The monoisotopic (exact) mass is 511 g/mol. The number of nitrogens with one attached hydrogen (secondary N) is 2. The molecule has 1 aliphatic heterocycles. The molecule has 0 aliphatic carbocycles. The van der Waals surface area contributed by atoms with E-state index < -0.39 is 17.9 Å². The van der Waals surface area contributed by atoms with Crippen molar-refractivity contribution in [3.63, 3.8) is 0 Å². The lowest BCUT2D eigenvalue weighted by Crippen LogP contribution is -2.60. The molecule has 0 bridgehead atoms. The average Bonchev–Trinajstić information content (AvgIpc) is 2.86. The van der Waals surface area contributed by atoms with Crippen LogP contribution in [0.4, 0.5) is 0 Å². The number of carbonyl (C=O) groups excluding carboxylic acids is 3. The number of para-hydroxylation sites is 1. The maximum Gasteiger partial charge on any atom is 0.308 e. The SMILES string of the molecule is CC(C)CCOC(=O)CC1C(=O)NCCN1C(=S)NC(=O)c1ccccc1OCCc1ccccc1. The Morgan fingerprint density at radius 2 is 1.83 bits per heavy atom. The smallest absolute Gasteiger partial charge is 0.308 e. The van der Waals surface area contributed by atoms with Crippen molar-refractivity contribution in [2.24, 2.45) is 5.92 Å². The predicted octanol–water partition coefficient (Wildman–Crippen LogP) is 3.10. The van der Waals surface area contributed by atoms with Crippen LogP contribution < -0.4 is 15.4 Å². The van der Waals surface area contributed by atoms with Crippen molar-refractivity contribution < 1.29 is 23.9 Å². The highest BCUT2D eigenvalue weighted by Gasteiger charge is 2.34. The number of hydrogen-bond acceptors (Lipinski definition) is 6. The molecule has 9 heteroatoms. The van der Waals surface area contributed by atoms with Crippen molar-refractivity contribution >= 4 is 35.1 Å². The number of hydrogen-bond donors (Lipinski definition) is 2. The van der Waals surface area contributed by atoms with E-state index in [2.05, 4.69) is 10.6 Å². The third-order valence-corrected chi connectivity index (χ3v) is 6.09. The third kappa shape index (κ3) is 8.05. The zero-order valence-corrected chi connectivity index (χ0v) is 21.5. The molecule has 0 aromatic heterocycles. The van der Waals surface area contributed by atoms with Crippen molar-refractivity contribution in [2.45, 2.75) is 39.2 Å². The first-order valence-electron chi connectivity index (χ1n) is 12.2. The Balaban J connectivity index is 1.60. The molecule has 2 aromatic rings. The summed E-state index contributed by atoms with van der Waals surface area (Å²) in [4.78, 5) is 39.5. The normalized spacial score (nSPS) is 15.2. The molecule has 36 heavy (non-hydrogen) atoms. The fourth-order valence-electron chi connectivity index (χ4n) is 3.73. The van der Waals surface area contributed by atoms with Crippen molar-refractivity contribution in [3.05, 3.63) is 65.7 Å². The lowest BCUT2D eigenvalue weighted by molar-refractivity contribution is -0.147. The number of rotatable bonds is 10. The lowest BCUT2D eigenvalue weighted by atomic mass is 10.1. The van der Waals surface area contributed by atoms with Gasteiger partial charge in [-0.2, -0.15) is 0 Å². The number of carbonyl (C=O) groups is 3. The van der Waals surface area contributed by atoms with Gasteiger partial charge in [-0.05, 0) is 42.3 Å². The summed E-state index contributed by atoms with van der Waals surface area (Å²) < 4.78 is 11.2. The van der Waals surface area contributed by atoms with Gasteiger partial charge in [0.05, 0.1) is 25.2 Å². The minimum atomic E-state index is -0.851. The topological polar surface area (TPSA) is 97.0 Å². The molecule has 1 saturated heterocycles. The molecule has 2 N–H and O–H groups in total. The molecule has 192 valence electrons. The van der Waals surface area contributed by atoms with E-state index in [-0.39, 0.29) is 17.4 Å². The van der Waals surface area contributed by atoms with E-state index in [0.29, 0.717) is 50.0 Å². The van der Waals surface area contributed by atoms with E-state index in [1.54, 1.807) is 29.2 Å². The Kier molecular flexibility index (Phi) is 10.2. The third-order valence-electron chi connectivity index (χ3n) is 5.75. The van der Waals surface area contributed by atoms with Gasteiger partial charge in [0.2, 0.25) is 5.91 Å². The van der Waals surface area contributed by atoms with E-state index in [1.165, 1.54) is 0 Å². The van der Waals surface area contributed by atoms with Crippen LogP contribution >= 0.6 is 12.2 Å². The number of amides is 2. The number of thiocarbonyl (C=S) groups is 1. The minimum Gasteiger partial charge on any atom is -0.492 e. The van der Waals surface area contributed by atoms with Crippen LogP contribution in [-0.4, -0.2) is 60.1 Å². The number of benzene rings is 2. The van der Waals surface area contributed by atoms with E-state index in [9.17, 15) is 14.4 Å². The second-order valence-corrected chi connectivity index (χ2v) is 9.33. The molecule has 1 aliphatic rings. The largest absolute Gasteiger partial charge is 0.492 e. The molecule has 1 heterocycles. The van der Waals surface area contributed by atoms with Gasteiger partial charge in [0.1, 0.15) is 11.8 Å². The summed E-state index contributed by atoms with van der Waals surface area (Å²) in [6.07, 6.45) is 1.29. The van der Waals surface area contributed by atoms with E-state index in [4.69, 9.17) is 21.7 Å². The second-order valence-electron chi connectivity index (χ2n) is 8.95. The van der Waals surface area contributed by atoms with Crippen molar-refractivity contribution in [1.29, 1.82) is 0 Å². The summed E-state index contributed by atoms with van der Waals surface area (Å²) in [5, 5.41) is 5.53. The first kappa shape index (κ1) is 27.1. The van der Waals surface area contributed by atoms with Crippen LogP contribution in [0.5, 0.6) is 5.75 Å². The van der Waals surface area contributed by atoms with Crippen molar-refractivity contribution in [1.82, 2.24) is 15.5 Å². The Hall–Kier alpha value is -3.46. The number of esters is 1. The van der Waals surface area contributed by atoms with Crippen LogP contribution in [0.2, 0.25) is 0 Å². The quantitative estimate of drug-likeness (QED) is 0.374. The van der Waals surface area contributed by atoms with E-state index in [1.807, 2.05) is 44.2 Å². The van der Waals surface area contributed by atoms with Crippen molar-refractivity contribution in [3.8, 4) is 5.75 Å². The average molecular weight is 512 g/mol. The Morgan fingerprint density at radius 1 is 1.11 bits per heavy atom. The molecular formula is C27H33N3O5S. The molecule has 8 nitrogen and oxygen atoms in total. The minimum absolute atomic E-state index is 0.0777. The Bertz CT molecular complexity index is 1060.